The van der Waals surface area contributed by atoms with Gasteiger partial charge in [-0.2, -0.15) is 0 Å². The standard InChI is InChI=1S/C4H11BO/c1-5-3-4-6-2/h5H,3-4H2,1-2H3. The minimum absolute atomic E-state index is 0.913. The van der Waals surface area contributed by atoms with Gasteiger partial charge in [0, 0.05) is 13.7 Å². The summed E-state index contributed by atoms with van der Waals surface area (Å²) >= 11 is 0. The lowest BCUT2D eigenvalue weighted by Gasteiger charge is -1.88. The van der Waals surface area contributed by atoms with Gasteiger partial charge in [-0.05, 0) is 0 Å². The Morgan fingerprint density at radius 1 is 1.67 bits per heavy atom. The number of methoxy groups -OCH3 is 1. The van der Waals surface area contributed by atoms with Crippen LogP contribution in [0.4, 0.5) is 0 Å². The lowest BCUT2D eigenvalue weighted by atomic mass is 9.79. The summed E-state index contributed by atoms with van der Waals surface area (Å²) < 4.78 is 4.78. The van der Waals surface area contributed by atoms with Gasteiger partial charge >= 0.3 is 0 Å². The maximum atomic E-state index is 4.78. The molecule has 0 spiro atoms. The van der Waals surface area contributed by atoms with Gasteiger partial charge in [-0.3, -0.25) is 0 Å². The minimum atomic E-state index is 0.913. The molecule has 0 aromatic heterocycles. The van der Waals surface area contributed by atoms with Crippen LogP contribution >= 0.6 is 0 Å². The van der Waals surface area contributed by atoms with E-state index in [0.29, 0.717) is 0 Å². The Bertz CT molecular complexity index is 19.5. The van der Waals surface area contributed by atoms with Crippen molar-refractivity contribution < 1.29 is 4.74 Å². The highest BCUT2D eigenvalue weighted by Gasteiger charge is 1.77. The lowest BCUT2D eigenvalue weighted by Crippen LogP contribution is -1.89. The van der Waals surface area contributed by atoms with E-state index in [-0.39, 0.29) is 0 Å². The van der Waals surface area contributed by atoms with Crippen LogP contribution in [0.5, 0.6) is 0 Å². The lowest BCUT2D eigenvalue weighted by molar-refractivity contribution is 0.215. The first-order valence-corrected chi connectivity index (χ1v) is 2.40. The Morgan fingerprint density at radius 3 is 2.50 bits per heavy atom. The van der Waals surface area contributed by atoms with E-state index in [9.17, 15) is 0 Å². The number of hydrogen-bond acceptors (Lipinski definition) is 1. The third-order valence-corrected chi connectivity index (χ3v) is 0.702. The molecule has 0 saturated carbocycles. The van der Waals surface area contributed by atoms with Crippen molar-refractivity contribution >= 4 is 7.28 Å². The molecule has 0 bridgehead atoms. The van der Waals surface area contributed by atoms with Crippen molar-refractivity contribution in [2.45, 2.75) is 13.1 Å². The van der Waals surface area contributed by atoms with E-state index in [4.69, 9.17) is 4.74 Å². The maximum absolute atomic E-state index is 4.78. The molecule has 2 heteroatoms. The molecule has 36 valence electrons. The van der Waals surface area contributed by atoms with Crippen LogP contribution in [0.2, 0.25) is 13.1 Å². The second kappa shape index (κ2) is 5.02. The SMILES string of the molecule is CBCCOC. The quantitative estimate of drug-likeness (QED) is 0.359. The fourth-order valence-electron chi connectivity index (χ4n) is 0.289. The minimum Gasteiger partial charge on any atom is -0.385 e. The molecule has 0 rings (SSSR count). The van der Waals surface area contributed by atoms with Crippen LogP contribution in [0.1, 0.15) is 0 Å². The van der Waals surface area contributed by atoms with Gasteiger partial charge in [0.1, 0.15) is 7.28 Å². The Kier molecular flexibility index (Phi) is 5.05. The third-order valence-electron chi connectivity index (χ3n) is 0.702. The largest absolute Gasteiger partial charge is 0.385 e. The molecular weight excluding hydrogens is 74.9 g/mol. The number of ether oxygens (including phenoxy) is 1. The predicted octanol–water partition coefficient (Wildman–Crippen LogP) is 0.536. The van der Waals surface area contributed by atoms with Crippen molar-refractivity contribution in [3.05, 3.63) is 0 Å². The highest BCUT2D eigenvalue weighted by atomic mass is 16.5. The Morgan fingerprint density at radius 2 is 2.33 bits per heavy atom. The normalized spacial score (nSPS) is 8.33. The van der Waals surface area contributed by atoms with E-state index in [0.717, 1.165) is 6.61 Å². The van der Waals surface area contributed by atoms with Crippen LogP contribution < -0.4 is 0 Å². The first-order chi connectivity index (χ1) is 2.91. The van der Waals surface area contributed by atoms with Gasteiger partial charge in [-0.15, -0.1) is 0 Å². The van der Waals surface area contributed by atoms with E-state index in [1.54, 1.807) is 7.11 Å². The molecule has 0 aromatic carbocycles. The summed E-state index contributed by atoms with van der Waals surface area (Å²) in [6, 6.07) is 0. The van der Waals surface area contributed by atoms with Gasteiger partial charge in [-0.25, -0.2) is 0 Å². The topological polar surface area (TPSA) is 9.23 Å². The molecule has 0 unspecified atom stereocenters. The van der Waals surface area contributed by atoms with Crippen molar-refractivity contribution in [2.24, 2.45) is 0 Å². The number of hydrogen-bond donors (Lipinski definition) is 0. The molecule has 0 aliphatic carbocycles. The fraction of sp³-hybridized carbons (Fsp3) is 1.00. The van der Waals surface area contributed by atoms with Crippen LogP contribution in [0, 0.1) is 0 Å². The maximum Gasteiger partial charge on any atom is 0.120 e. The summed E-state index contributed by atoms with van der Waals surface area (Å²) in [4.78, 5) is 0. The zero-order valence-electron chi connectivity index (χ0n) is 4.53. The highest BCUT2D eigenvalue weighted by molar-refractivity contribution is 6.33. The average molecular weight is 85.9 g/mol. The van der Waals surface area contributed by atoms with E-state index in [1.165, 1.54) is 13.6 Å². The van der Waals surface area contributed by atoms with Crippen molar-refractivity contribution in [1.29, 1.82) is 0 Å². The first-order valence-electron chi connectivity index (χ1n) is 2.40. The summed E-state index contributed by atoms with van der Waals surface area (Å²) in [6.07, 6.45) is 1.19. The zero-order valence-corrected chi connectivity index (χ0v) is 4.53. The Balaban J connectivity index is 2.34. The van der Waals surface area contributed by atoms with Gasteiger partial charge in [0.05, 0.1) is 0 Å². The predicted molar refractivity (Wildman–Crippen MR) is 29.7 cm³/mol. The third kappa shape index (κ3) is 4.02. The zero-order chi connectivity index (χ0) is 4.83. The van der Waals surface area contributed by atoms with Crippen molar-refractivity contribution in [2.75, 3.05) is 13.7 Å². The van der Waals surface area contributed by atoms with E-state index >= 15 is 0 Å². The molecule has 6 heavy (non-hydrogen) atoms. The smallest absolute Gasteiger partial charge is 0.120 e. The summed E-state index contributed by atoms with van der Waals surface area (Å²) in [5.41, 5.74) is 0. The van der Waals surface area contributed by atoms with E-state index in [2.05, 4.69) is 6.82 Å². The van der Waals surface area contributed by atoms with Gasteiger partial charge in [0.25, 0.3) is 0 Å². The Hall–Kier alpha value is 0.0249. The van der Waals surface area contributed by atoms with Crippen LogP contribution in [0.15, 0.2) is 0 Å². The second-order valence-corrected chi connectivity index (χ2v) is 1.35. The van der Waals surface area contributed by atoms with Crippen molar-refractivity contribution in [3.8, 4) is 0 Å². The molecular formula is C4H11BO. The molecule has 0 aliphatic heterocycles. The van der Waals surface area contributed by atoms with Gasteiger partial charge in [0.15, 0.2) is 0 Å². The molecule has 0 heterocycles. The fourth-order valence-corrected chi connectivity index (χ4v) is 0.289. The van der Waals surface area contributed by atoms with E-state index in [1.807, 2.05) is 0 Å². The van der Waals surface area contributed by atoms with Crippen LogP contribution in [0.25, 0.3) is 0 Å². The van der Waals surface area contributed by atoms with Crippen LogP contribution in [-0.4, -0.2) is 21.0 Å². The summed E-state index contributed by atoms with van der Waals surface area (Å²) in [6.45, 7) is 3.07. The molecule has 0 atom stereocenters. The second-order valence-electron chi connectivity index (χ2n) is 1.35. The van der Waals surface area contributed by atoms with Crippen molar-refractivity contribution in [1.82, 2.24) is 0 Å². The summed E-state index contributed by atoms with van der Waals surface area (Å²) in [7, 11) is 2.96. The average Bonchev–Trinajstić information content (AvgIpc) is 1.61. The molecule has 0 radical (unpaired) electrons. The summed E-state index contributed by atoms with van der Waals surface area (Å²) in [5.74, 6) is 0. The van der Waals surface area contributed by atoms with Gasteiger partial charge in [0.2, 0.25) is 0 Å². The van der Waals surface area contributed by atoms with Crippen molar-refractivity contribution in [3.63, 3.8) is 0 Å². The van der Waals surface area contributed by atoms with Gasteiger partial charge < -0.3 is 4.74 Å². The molecule has 0 fully saturated rings. The Labute approximate surface area is 39.9 Å². The van der Waals surface area contributed by atoms with E-state index < -0.39 is 0 Å². The van der Waals surface area contributed by atoms with Crippen LogP contribution in [-0.2, 0) is 4.74 Å². The molecule has 0 amide bonds. The molecule has 0 N–H and O–H groups in total. The monoisotopic (exact) mass is 86.1 g/mol. The number of rotatable bonds is 3. The molecule has 0 saturated heterocycles. The summed E-state index contributed by atoms with van der Waals surface area (Å²) in [5, 5.41) is 0. The highest BCUT2D eigenvalue weighted by Crippen LogP contribution is 1.75. The molecule has 0 aromatic rings. The van der Waals surface area contributed by atoms with Gasteiger partial charge in [-0.1, -0.05) is 13.1 Å². The van der Waals surface area contributed by atoms with Crippen LogP contribution in [0.3, 0.4) is 0 Å². The molecule has 1 nitrogen and oxygen atoms in total. The first kappa shape index (κ1) is 6.02. The molecule has 0 aliphatic rings.